The van der Waals surface area contributed by atoms with Gasteiger partial charge >= 0.3 is 0 Å². The lowest BCUT2D eigenvalue weighted by Gasteiger charge is -2.08. The molecule has 2 unspecified atom stereocenters. The predicted molar refractivity (Wildman–Crippen MR) is 109 cm³/mol. The van der Waals surface area contributed by atoms with E-state index in [1.54, 1.807) is 0 Å². The van der Waals surface area contributed by atoms with E-state index in [1.165, 1.54) is 32.1 Å². The monoisotopic (exact) mass is 354 g/mol. The predicted octanol–water partition coefficient (Wildman–Crippen LogP) is 6.35. The second-order valence-electron chi connectivity index (χ2n) is 6.36. The van der Waals surface area contributed by atoms with Crippen LogP contribution in [0.15, 0.2) is 11.6 Å². The fraction of sp³-hybridized carbons (Fsp3) is 0.773. The molecule has 0 radical (unpaired) electrons. The lowest BCUT2D eigenvalue weighted by molar-refractivity contribution is -0.111. The Morgan fingerprint density at radius 1 is 0.800 bits per heavy atom. The molecule has 0 amide bonds. The SMILES string of the molecule is CCC=O.CCCCC(/C=C(\C)C=O)CC.CCCCC(C=O)CC. The fourth-order valence-electron chi connectivity index (χ4n) is 2.12. The van der Waals surface area contributed by atoms with Crippen molar-refractivity contribution in [2.24, 2.45) is 11.8 Å². The Balaban J connectivity index is -0.000000328. The molecule has 0 aromatic heterocycles. The summed E-state index contributed by atoms with van der Waals surface area (Å²) in [5.41, 5.74) is 0.873. The summed E-state index contributed by atoms with van der Waals surface area (Å²) in [6.07, 6.45) is 15.0. The number of unbranched alkanes of at least 4 members (excludes halogenated alkanes) is 2. The van der Waals surface area contributed by atoms with Gasteiger partial charge < -0.3 is 9.59 Å². The van der Waals surface area contributed by atoms with Gasteiger partial charge in [-0.05, 0) is 44.1 Å². The number of rotatable bonds is 12. The Hall–Kier alpha value is -1.25. The third-order valence-corrected chi connectivity index (χ3v) is 3.95. The van der Waals surface area contributed by atoms with E-state index in [1.807, 2.05) is 13.8 Å². The second-order valence-corrected chi connectivity index (χ2v) is 6.36. The number of carbonyl (C=O) groups is 3. The van der Waals surface area contributed by atoms with Crippen LogP contribution < -0.4 is 0 Å². The molecule has 0 aliphatic heterocycles. The zero-order valence-corrected chi connectivity index (χ0v) is 17.6. The maximum atomic E-state index is 10.4. The highest BCUT2D eigenvalue weighted by Crippen LogP contribution is 2.15. The Labute approximate surface area is 156 Å². The van der Waals surface area contributed by atoms with Gasteiger partial charge in [0.05, 0.1) is 0 Å². The van der Waals surface area contributed by atoms with Crippen molar-refractivity contribution < 1.29 is 14.4 Å². The molecule has 0 saturated carbocycles. The molecule has 0 rings (SSSR count). The van der Waals surface area contributed by atoms with E-state index in [0.717, 1.165) is 43.7 Å². The molecule has 0 fully saturated rings. The third kappa shape index (κ3) is 25.1. The van der Waals surface area contributed by atoms with E-state index in [2.05, 4.69) is 33.8 Å². The molecule has 0 saturated heterocycles. The van der Waals surface area contributed by atoms with Crippen LogP contribution in [0.2, 0.25) is 0 Å². The molecular formula is C22H42O3. The van der Waals surface area contributed by atoms with Gasteiger partial charge in [-0.1, -0.05) is 66.4 Å². The van der Waals surface area contributed by atoms with Crippen molar-refractivity contribution in [1.82, 2.24) is 0 Å². The average molecular weight is 355 g/mol. The van der Waals surface area contributed by atoms with E-state index in [4.69, 9.17) is 0 Å². The summed E-state index contributed by atoms with van der Waals surface area (Å²) in [4.78, 5) is 29.8. The highest BCUT2D eigenvalue weighted by Gasteiger charge is 2.02. The number of carbonyl (C=O) groups excluding carboxylic acids is 3. The van der Waals surface area contributed by atoms with E-state index in [0.29, 0.717) is 18.3 Å². The molecular weight excluding hydrogens is 312 g/mol. The van der Waals surface area contributed by atoms with Gasteiger partial charge in [0.15, 0.2) is 0 Å². The Bertz CT molecular complexity index is 321. The normalized spacial score (nSPS) is 12.6. The Morgan fingerprint density at radius 3 is 1.52 bits per heavy atom. The quantitative estimate of drug-likeness (QED) is 0.303. The van der Waals surface area contributed by atoms with Crippen LogP contribution >= 0.6 is 0 Å². The van der Waals surface area contributed by atoms with Crippen LogP contribution in [0.5, 0.6) is 0 Å². The maximum Gasteiger partial charge on any atom is 0.145 e. The average Bonchev–Trinajstić information content (AvgIpc) is 2.66. The number of hydrogen-bond acceptors (Lipinski definition) is 3. The fourth-order valence-corrected chi connectivity index (χ4v) is 2.12. The van der Waals surface area contributed by atoms with E-state index < -0.39 is 0 Å². The smallest absolute Gasteiger partial charge is 0.145 e. The minimum atomic E-state index is 0.324. The standard InChI is InChI=1S/C11H20O.C8H16O.C3H6O/c1-4-6-7-11(5-2)8-10(3)9-12;1-3-5-6-8(4-2)7-9;1-2-3-4/h8-9,11H,4-7H2,1-3H3;7-8H,3-6H2,1-2H3;3H,2H2,1H3/b10-8+;;. The topological polar surface area (TPSA) is 51.2 Å². The van der Waals surface area contributed by atoms with Gasteiger partial charge in [0.25, 0.3) is 0 Å². The van der Waals surface area contributed by atoms with Crippen LogP contribution in [0.3, 0.4) is 0 Å². The molecule has 0 aliphatic carbocycles. The highest BCUT2D eigenvalue weighted by atomic mass is 16.1. The lowest BCUT2D eigenvalue weighted by Crippen LogP contribution is -1.98. The van der Waals surface area contributed by atoms with Crippen LogP contribution in [0.4, 0.5) is 0 Å². The summed E-state index contributed by atoms with van der Waals surface area (Å²) in [6, 6.07) is 0. The molecule has 0 aromatic carbocycles. The van der Waals surface area contributed by atoms with E-state index >= 15 is 0 Å². The molecule has 0 spiro atoms. The van der Waals surface area contributed by atoms with Crippen molar-refractivity contribution in [3.05, 3.63) is 11.6 Å². The van der Waals surface area contributed by atoms with Crippen LogP contribution in [0.1, 0.15) is 99.3 Å². The zero-order valence-electron chi connectivity index (χ0n) is 17.6. The van der Waals surface area contributed by atoms with Gasteiger partial charge in [-0.15, -0.1) is 0 Å². The first-order valence-electron chi connectivity index (χ1n) is 10.0. The molecule has 0 bridgehead atoms. The van der Waals surface area contributed by atoms with Crippen LogP contribution in [0, 0.1) is 11.8 Å². The van der Waals surface area contributed by atoms with Crippen molar-refractivity contribution >= 4 is 18.9 Å². The molecule has 2 atom stereocenters. The minimum absolute atomic E-state index is 0.324. The van der Waals surface area contributed by atoms with Gasteiger partial charge in [0.1, 0.15) is 18.9 Å². The number of aldehydes is 3. The van der Waals surface area contributed by atoms with Crippen molar-refractivity contribution in [3.8, 4) is 0 Å². The van der Waals surface area contributed by atoms with Crippen LogP contribution in [-0.2, 0) is 14.4 Å². The Kier molecular flexibility index (Phi) is 28.5. The van der Waals surface area contributed by atoms with Gasteiger partial charge in [0, 0.05) is 12.3 Å². The third-order valence-electron chi connectivity index (χ3n) is 3.95. The van der Waals surface area contributed by atoms with Crippen LogP contribution in [0.25, 0.3) is 0 Å². The van der Waals surface area contributed by atoms with Crippen molar-refractivity contribution in [2.45, 2.75) is 99.3 Å². The first kappa shape index (κ1) is 28.5. The van der Waals surface area contributed by atoms with Gasteiger partial charge in [-0.2, -0.15) is 0 Å². The zero-order chi connectivity index (χ0) is 19.9. The molecule has 0 N–H and O–H groups in total. The molecule has 25 heavy (non-hydrogen) atoms. The van der Waals surface area contributed by atoms with Crippen molar-refractivity contribution in [3.63, 3.8) is 0 Å². The first-order chi connectivity index (χ1) is 12.0. The molecule has 3 heteroatoms. The van der Waals surface area contributed by atoms with Gasteiger partial charge in [0.2, 0.25) is 0 Å². The van der Waals surface area contributed by atoms with E-state index in [9.17, 15) is 14.4 Å². The molecule has 3 nitrogen and oxygen atoms in total. The number of allylic oxidation sites excluding steroid dienone is 2. The molecule has 148 valence electrons. The largest absolute Gasteiger partial charge is 0.303 e. The summed E-state index contributed by atoms with van der Waals surface area (Å²) in [7, 11) is 0. The summed E-state index contributed by atoms with van der Waals surface area (Å²) in [5, 5.41) is 0. The lowest BCUT2D eigenvalue weighted by atomic mass is 9.97. The maximum absolute atomic E-state index is 10.4. The highest BCUT2D eigenvalue weighted by molar-refractivity contribution is 5.72. The summed E-state index contributed by atoms with van der Waals surface area (Å²) in [5.74, 6) is 0.931. The van der Waals surface area contributed by atoms with Crippen LogP contribution in [-0.4, -0.2) is 18.9 Å². The summed E-state index contributed by atoms with van der Waals surface area (Å²) < 4.78 is 0. The second kappa shape index (κ2) is 25.0. The summed E-state index contributed by atoms with van der Waals surface area (Å²) >= 11 is 0. The molecule has 0 heterocycles. The van der Waals surface area contributed by atoms with Gasteiger partial charge in [-0.3, -0.25) is 4.79 Å². The van der Waals surface area contributed by atoms with E-state index in [-0.39, 0.29) is 0 Å². The molecule has 0 aliphatic rings. The minimum Gasteiger partial charge on any atom is -0.303 e. The van der Waals surface area contributed by atoms with Gasteiger partial charge in [-0.25, -0.2) is 0 Å². The first-order valence-corrected chi connectivity index (χ1v) is 10.0. The van der Waals surface area contributed by atoms with Crippen molar-refractivity contribution in [2.75, 3.05) is 0 Å². The number of hydrogen-bond donors (Lipinski definition) is 0. The summed E-state index contributed by atoms with van der Waals surface area (Å²) in [6.45, 7) is 12.3. The Morgan fingerprint density at radius 2 is 1.24 bits per heavy atom. The van der Waals surface area contributed by atoms with Crippen molar-refractivity contribution in [1.29, 1.82) is 0 Å². The molecule has 0 aromatic rings.